The van der Waals surface area contributed by atoms with Crippen LogP contribution in [0.25, 0.3) is 61.0 Å². The van der Waals surface area contributed by atoms with Gasteiger partial charge in [0.25, 0.3) is 0 Å². The summed E-state index contributed by atoms with van der Waals surface area (Å²) in [6, 6.07) is 59.1. The van der Waals surface area contributed by atoms with Crippen LogP contribution in [0.15, 0.2) is 194 Å². The minimum absolute atomic E-state index is 0.199. The number of ether oxygens (including phenoxy) is 2. The van der Waals surface area contributed by atoms with Gasteiger partial charge >= 0.3 is 0 Å². The quantitative estimate of drug-likeness (QED) is 0.181. The molecule has 4 nitrogen and oxygen atoms in total. The highest BCUT2D eigenvalue weighted by Gasteiger charge is 2.57. The predicted molar refractivity (Wildman–Crippen MR) is 232 cm³/mol. The van der Waals surface area contributed by atoms with Crippen LogP contribution in [-0.4, -0.2) is 9.55 Å². The maximum atomic E-state index is 6.60. The molecule has 1 spiro atoms. The Morgan fingerprint density at radius 3 is 2.03 bits per heavy atom. The molecule has 0 saturated carbocycles. The number of fused-ring (bicyclic) bond motifs is 15. The summed E-state index contributed by atoms with van der Waals surface area (Å²) < 4.78 is 15.5. The Labute approximate surface area is 335 Å². The van der Waals surface area contributed by atoms with Crippen LogP contribution in [0.2, 0.25) is 0 Å². The average Bonchev–Trinajstić information content (AvgIpc) is 3.89. The van der Waals surface area contributed by atoms with Crippen LogP contribution < -0.4 is 9.47 Å². The predicted octanol–water partition coefficient (Wildman–Crippen LogP) is 13.6. The number of hydrogen-bond donors (Lipinski definition) is 0. The molecule has 0 fully saturated rings. The van der Waals surface area contributed by atoms with Crippen molar-refractivity contribution < 1.29 is 9.47 Å². The third kappa shape index (κ3) is 4.26. The van der Waals surface area contributed by atoms with Gasteiger partial charge in [0.1, 0.15) is 0 Å². The molecule has 3 atom stereocenters. The fourth-order valence-corrected chi connectivity index (χ4v) is 10.6. The zero-order chi connectivity index (χ0) is 38.0. The molecule has 4 aliphatic rings. The summed E-state index contributed by atoms with van der Waals surface area (Å²) in [6.07, 6.45) is 11.1. The van der Waals surface area contributed by atoms with E-state index in [-0.39, 0.29) is 11.8 Å². The van der Waals surface area contributed by atoms with Crippen LogP contribution in [0.5, 0.6) is 23.0 Å². The molecule has 0 amide bonds. The summed E-state index contributed by atoms with van der Waals surface area (Å²) in [5.74, 6) is 3.45. The second-order valence-corrected chi connectivity index (χ2v) is 15.8. The zero-order valence-electron chi connectivity index (χ0n) is 31.3. The van der Waals surface area contributed by atoms with Crippen LogP contribution in [0.3, 0.4) is 0 Å². The van der Waals surface area contributed by atoms with Gasteiger partial charge in [0.2, 0.25) is 0 Å². The highest BCUT2D eigenvalue weighted by atomic mass is 16.6. The van der Waals surface area contributed by atoms with Gasteiger partial charge in [0.15, 0.2) is 23.0 Å². The van der Waals surface area contributed by atoms with Crippen molar-refractivity contribution in [1.82, 2.24) is 9.55 Å². The van der Waals surface area contributed by atoms with Crippen molar-refractivity contribution in [3.63, 3.8) is 0 Å². The molecule has 2 aromatic heterocycles. The number of pyridine rings is 1. The van der Waals surface area contributed by atoms with E-state index in [2.05, 4.69) is 161 Å². The molecule has 0 radical (unpaired) electrons. The van der Waals surface area contributed by atoms with Crippen molar-refractivity contribution in [2.24, 2.45) is 5.92 Å². The zero-order valence-corrected chi connectivity index (χ0v) is 31.3. The van der Waals surface area contributed by atoms with Crippen LogP contribution in [0.1, 0.15) is 28.2 Å². The van der Waals surface area contributed by atoms with Gasteiger partial charge in [0.05, 0.1) is 22.1 Å². The third-order valence-corrected chi connectivity index (χ3v) is 13.0. The van der Waals surface area contributed by atoms with Crippen molar-refractivity contribution >= 4 is 21.8 Å². The molecule has 3 heterocycles. The van der Waals surface area contributed by atoms with Crippen molar-refractivity contribution in [1.29, 1.82) is 0 Å². The van der Waals surface area contributed by atoms with E-state index < -0.39 is 5.41 Å². The van der Waals surface area contributed by atoms with Crippen molar-refractivity contribution in [3.05, 3.63) is 217 Å². The Balaban J connectivity index is 0.995. The van der Waals surface area contributed by atoms with Gasteiger partial charge in [-0.1, -0.05) is 115 Å². The smallest absolute Gasteiger partial charge is 0.170 e. The summed E-state index contributed by atoms with van der Waals surface area (Å²) >= 11 is 0. The number of allylic oxidation sites excluding steroid dienone is 4. The molecule has 272 valence electrons. The van der Waals surface area contributed by atoms with Gasteiger partial charge in [-0.3, -0.25) is 4.98 Å². The van der Waals surface area contributed by atoms with Gasteiger partial charge in [0, 0.05) is 40.1 Å². The van der Waals surface area contributed by atoms with Gasteiger partial charge < -0.3 is 14.0 Å². The molecular formula is C54H34N2O2. The summed E-state index contributed by atoms with van der Waals surface area (Å²) in [4.78, 5) is 4.57. The number of nitrogens with zero attached hydrogens (tertiary/aromatic N) is 2. The molecular weight excluding hydrogens is 709 g/mol. The Kier molecular flexibility index (Phi) is 6.45. The van der Waals surface area contributed by atoms with E-state index in [1.165, 1.54) is 66.3 Å². The SMILES string of the molecule is C1=CC2c3ccccc3C3(c4cc(-c5ccc6c(c5)c5ccccc5n6-c5ccc(-c6ccccn6)cc5)ccc4-c4cc5c(cc43)Oc3ccccc3O5)C2C=C1. The maximum Gasteiger partial charge on any atom is 0.170 e. The highest BCUT2D eigenvalue weighted by Crippen LogP contribution is 2.67. The standard InChI is InChI=1S/C54H34N2O2/c1-4-14-43-37(11-1)38-12-2-5-15-44(38)54(43)45-30-35(22-26-39(45)41-31-52-53(32-46(41)54)58-51-19-8-7-18-50(51)57-52)34-23-27-49-42(29-34)40-13-3-6-17-48(40)56(49)36-24-20-33(21-25-36)47-16-9-10-28-55-47/h1-32,37,43H. The van der Waals surface area contributed by atoms with E-state index in [0.717, 1.165) is 39.9 Å². The van der Waals surface area contributed by atoms with Crippen molar-refractivity contribution in [2.45, 2.75) is 11.3 Å². The number of benzene rings is 7. The van der Waals surface area contributed by atoms with E-state index in [0.29, 0.717) is 0 Å². The third-order valence-electron chi connectivity index (χ3n) is 13.0. The summed E-state index contributed by atoms with van der Waals surface area (Å²) in [5, 5.41) is 2.46. The Morgan fingerprint density at radius 2 is 1.17 bits per heavy atom. The van der Waals surface area contributed by atoms with Crippen LogP contribution in [0, 0.1) is 5.92 Å². The van der Waals surface area contributed by atoms with Crippen LogP contribution >= 0.6 is 0 Å². The Morgan fingerprint density at radius 1 is 0.483 bits per heavy atom. The molecule has 0 bridgehead atoms. The monoisotopic (exact) mass is 742 g/mol. The number of rotatable bonds is 3. The van der Waals surface area contributed by atoms with E-state index in [1.54, 1.807) is 0 Å². The Bertz CT molecular complexity index is 3250. The fourth-order valence-electron chi connectivity index (χ4n) is 10.6. The number of para-hydroxylation sites is 3. The summed E-state index contributed by atoms with van der Waals surface area (Å²) in [7, 11) is 0. The molecule has 0 N–H and O–H groups in total. The maximum absolute atomic E-state index is 6.60. The van der Waals surface area contributed by atoms with Crippen LogP contribution in [0.4, 0.5) is 0 Å². The Hall–Kier alpha value is -7.43. The van der Waals surface area contributed by atoms with Crippen LogP contribution in [-0.2, 0) is 5.41 Å². The molecule has 1 aliphatic heterocycles. The summed E-state index contributed by atoms with van der Waals surface area (Å²) in [6.45, 7) is 0. The van der Waals surface area contributed by atoms with E-state index >= 15 is 0 Å². The number of aromatic nitrogens is 2. The molecule has 3 aliphatic carbocycles. The number of hydrogen-bond acceptors (Lipinski definition) is 3. The topological polar surface area (TPSA) is 36.3 Å². The first-order valence-corrected chi connectivity index (χ1v) is 20.0. The molecule has 13 rings (SSSR count). The van der Waals surface area contributed by atoms with E-state index in [9.17, 15) is 0 Å². The molecule has 4 heteroatoms. The second-order valence-electron chi connectivity index (χ2n) is 15.8. The molecule has 7 aromatic carbocycles. The lowest BCUT2D eigenvalue weighted by Gasteiger charge is -2.36. The lowest BCUT2D eigenvalue weighted by molar-refractivity contribution is 0.358. The van der Waals surface area contributed by atoms with Gasteiger partial charge in [-0.2, -0.15) is 0 Å². The first-order chi connectivity index (χ1) is 28.7. The minimum Gasteiger partial charge on any atom is -0.450 e. The van der Waals surface area contributed by atoms with Gasteiger partial charge in [-0.05, 0) is 117 Å². The van der Waals surface area contributed by atoms with E-state index in [1.807, 2.05) is 42.6 Å². The van der Waals surface area contributed by atoms with E-state index in [4.69, 9.17) is 9.47 Å². The van der Waals surface area contributed by atoms with Crippen molar-refractivity contribution in [3.8, 4) is 62.2 Å². The second kappa shape index (κ2) is 11.8. The molecule has 0 saturated heterocycles. The average molecular weight is 743 g/mol. The largest absolute Gasteiger partial charge is 0.450 e. The van der Waals surface area contributed by atoms with Gasteiger partial charge in [-0.15, -0.1) is 0 Å². The van der Waals surface area contributed by atoms with Gasteiger partial charge in [-0.25, -0.2) is 0 Å². The lowest BCUT2D eigenvalue weighted by atomic mass is 9.65. The highest BCUT2D eigenvalue weighted by molar-refractivity contribution is 6.10. The lowest BCUT2D eigenvalue weighted by Crippen LogP contribution is -2.33. The fraction of sp³-hybridized carbons (Fsp3) is 0.0556. The van der Waals surface area contributed by atoms with Crippen molar-refractivity contribution in [2.75, 3.05) is 0 Å². The normalized spacial score (nSPS) is 18.9. The molecule has 3 unspecified atom stereocenters. The summed E-state index contributed by atoms with van der Waals surface area (Å²) in [5.41, 5.74) is 15.3. The first kappa shape index (κ1) is 31.7. The molecule has 9 aromatic rings. The first-order valence-electron chi connectivity index (χ1n) is 20.0. The minimum atomic E-state index is -0.417. The molecule has 58 heavy (non-hydrogen) atoms.